The van der Waals surface area contributed by atoms with E-state index in [1.54, 1.807) is 31.5 Å². The van der Waals surface area contributed by atoms with Crippen LogP contribution >= 0.6 is 0 Å². The topological polar surface area (TPSA) is 68.0 Å². The minimum atomic E-state index is 0.0238. The maximum absolute atomic E-state index is 11.5. The van der Waals surface area contributed by atoms with E-state index < -0.39 is 0 Å². The van der Waals surface area contributed by atoms with Crippen LogP contribution in [0.15, 0.2) is 54.9 Å². The van der Waals surface area contributed by atoms with E-state index >= 15 is 0 Å². The molecule has 0 bridgehead atoms. The Labute approximate surface area is 134 Å². The second kappa shape index (κ2) is 6.44. The van der Waals surface area contributed by atoms with E-state index in [4.69, 9.17) is 0 Å². The third-order valence-electron chi connectivity index (χ3n) is 3.76. The number of aromatic hydroxyl groups is 1. The number of carbonyl (C=O) groups excluding carboxylic acids is 1. The Morgan fingerprint density at radius 3 is 2.74 bits per heavy atom. The highest BCUT2D eigenvalue weighted by Crippen LogP contribution is 2.19. The number of carbonyl (C=O) groups is 1. The molecule has 0 radical (unpaired) electrons. The first-order valence-corrected chi connectivity index (χ1v) is 7.42. The van der Waals surface area contributed by atoms with Crippen LogP contribution in [0, 0.1) is 0 Å². The second-order valence-corrected chi connectivity index (χ2v) is 5.35. The van der Waals surface area contributed by atoms with Crippen LogP contribution in [0.3, 0.4) is 0 Å². The molecule has 2 aromatic carbocycles. The lowest BCUT2D eigenvalue weighted by Crippen LogP contribution is -2.04. The monoisotopic (exact) mass is 307 g/mol. The van der Waals surface area contributed by atoms with Gasteiger partial charge in [-0.1, -0.05) is 30.3 Å². The molecule has 0 saturated heterocycles. The minimum absolute atomic E-state index is 0.0238. The highest BCUT2D eigenvalue weighted by Gasteiger charge is 2.09. The number of phenols is 1. The van der Waals surface area contributed by atoms with Crippen LogP contribution in [0.4, 0.5) is 0 Å². The first kappa shape index (κ1) is 15.0. The van der Waals surface area contributed by atoms with E-state index in [1.807, 2.05) is 34.9 Å². The molecule has 1 heterocycles. The van der Waals surface area contributed by atoms with Gasteiger partial charge in [-0.3, -0.25) is 9.36 Å². The SMILES string of the molecule is CC(=O)c1cccc(-n2cnnc2CCc2ccccc2O)c1. The normalized spacial score (nSPS) is 10.7. The largest absolute Gasteiger partial charge is 0.508 e. The van der Waals surface area contributed by atoms with Gasteiger partial charge in [-0.25, -0.2) is 0 Å². The Kier molecular flexibility index (Phi) is 4.19. The molecule has 5 heteroatoms. The molecular formula is C18H17N3O2. The van der Waals surface area contributed by atoms with Gasteiger partial charge in [0.2, 0.25) is 0 Å². The van der Waals surface area contributed by atoms with E-state index in [9.17, 15) is 9.90 Å². The van der Waals surface area contributed by atoms with Crippen LogP contribution in [0.5, 0.6) is 5.75 Å². The predicted molar refractivity (Wildman–Crippen MR) is 86.9 cm³/mol. The van der Waals surface area contributed by atoms with E-state index in [-0.39, 0.29) is 11.5 Å². The summed E-state index contributed by atoms with van der Waals surface area (Å²) in [6.07, 6.45) is 2.94. The Balaban J connectivity index is 1.84. The molecule has 0 aliphatic heterocycles. The number of benzene rings is 2. The molecule has 0 aliphatic carbocycles. The van der Waals surface area contributed by atoms with Gasteiger partial charge in [0.15, 0.2) is 5.78 Å². The van der Waals surface area contributed by atoms with Crippen molar-refractivity contribution in [1.29, 1.82) is 0 Å². The first-order chi connectivity index (χ1) is 11.1. The quantitative estimate of drug-likeness (QED) is 0.736. The highest BCUT2D eigenvalue weighted by atomic mass is 16.3. The number of hydrogen-bond donors (Lipinski definition) is 1. The summed E-state index contributed by atoms with van der Waals surface area (Å²) in [5, 5.41) is 18.0. The molecule has 3 rings (SSSR count). The summed E-state index contributed by atoms with van der Waals surface area (Å²) in [4.78, 5) is 11.5. The number of aryl methyl sites for hydroxylation is 2. The zero-order chi connectivity index (χ0) is 16.2. The van der Waals surface area contributed by atoms with Crippen molar-refractivity contribution in [3.63, 3.8) is 0 Å². The molecule has 0 saturated carbocycles. The standard InChI is InChI=1S/C18H17N3O2/c1-13(22)15-6-4-7-16(11-15)21-12-19-20-18(21)10-9-14-5-2-3-8-17(14)23/h2-8,11-12,23H,9-10H2,1H3. The van der Waals surface area contributed by atoms with Crippen molar-refractivity contribution in [1.82, 2.24) is 14.8 Å². The lowest BCUT2D eigenvalue weighted by Gasteiger charge is -2.08. The average Bonchev–Trinajstić information content (AvgIpc) is 3.03. The van der Waals surface area contributed by atoms with Crippen molar-refractivity contribution in [2.24, 2.45) is 0 Å². The molecule has 0 unspecified atom stereocenters. The molecule has 23 heavy (non-hydrogen) atoms. The fraction of sp³-hybridized carbons (Fsp3) is 0.167. The minimum Gasteiger partial charge on any atom is -0.508 e. The fourth-order valence-electron chi connectivity index (χ4n) is 2.49. The number of hydrogen-bond acceptors (Lipinski definition) is 4. The summed E-state index contributed by atoms with van der Waals surface area (Å²) in [6, 6.07) is 14.7. The number of phenolic OH excluding ortho intramolecular Hbond substituents is 1. The Hall–Kier alpha value is -2.95. The first-order valence-electron chi connectivity index (χ1n) is 7.42. The molecule has 1 aromatic heterocycles. The lowest BCUT2D eigenvalue weighted by molar-refractivity contribution is 0.101. The zero-order valence-corrected chi connectivity index (χ0v) is 12.8. The molecule has 5 nitrogen and oxygen atoms in total. The number of aromatic nitrogens is 3. The third-order valence-corrected chi connectivity index (χ3v) is 3.76. The number of ketones is 1. The average molecular weight is 307 g/mol. The summed E-state index contributed by atoms with van der Waals surface area (Å²) < 4.78 is 1.87. The van der Waals surface area contributed by atoms with Crippen molar-refractivity contribution in [3.8, 4) is 11.4 Å². The van der Waals surface area contributed by atoms with E-state index in [1.165, 1.54) is 0 Å². The molecule has 0 spiro atoms. The Bertz CT molecular complexity index is 840. The lowest BCUT2D eigenvalue weighted by atomic mass is 10.1. The summed E-state index contributed by atoms with van der Waals surface area (Å²) in [6.45, 7) is 1.55. The third kappa shape index (κ3) is 3.29. The number of rotatable bonds is 5. The zero-order valence-electron chi connectivity index (χ0n) is 12.8. The van der Waals surface area contributed by atoms with Crippen LogP contribution in [0.2, 0.25) is 0 Å². The molecule has 116 valence electrons. The van der Waals surface area contributed by atoms with Gasteiger partial charge >= 0.3 is 0 Å². The number of para-hydroxylation sites is 1. The van der Waals surface area contributed by atoms with Gasteiger partial charge in [0.05, 0.1) is 0 Å². The molecule has 0 aliphatic rings. The highest BCUT2D eigenvalue weighted by molar-refractivity contribution is 5.94. The van der Waals surface area contributed by atoms with Gasteiger partial charge < -0.3 is 5.11 Å². The van der Waals surface area contributed by atoms with Crippen LogP contribution in [0.1, 0.15) is 28.7 Å². The van der Waals surface area contributed by atoms with Crippen molar-refractivity contribution in [2.75, 3.05) is 0 Å². The van der Waals surface area contributed by atoms with Crippen LogP contribution in [-0.4, -0.2) is 25.7 Å². The fourth-order valence-corrected chi connectivity index (χ4v) is 2.49. The Morgan fingerprint density at radius 2 is 1.96 bits per heavy atom. The summed E-state index contributed by atoms with van der Waals surface area (Å²) in [7, 11) is 0. The number of Topliss-reactive ketones (excluding diaryl/α,β-unsaturated/α-hetero) is 1. The van der Waals surface area contributed by atoms with Gasteiger partial charge in [-0.15, -0.1) is 10.2 Å². The van der Waals surface area contributed by atoms with Crippen LogP contribution in [0.25, 0.3) is 5.69 Å². The van der Waals surface area contributed by atoms with Crippen molar-refractivity contribution >= 4 is 5.78 Å². The summed E-state index contributed by atoms with van der Waals surface area (Å²) >= 11 is 0. The van der Waals surface area contributed by atoms with Crippen LogP contribution < -0.4 is 0 Å². The maximum Gasteiger partial charge on any atom is 0.159 e. The predicted octanol–water partition coefficient (Wildman–Crippen LogP) is 2.96. The van der Waals surface area contributed by atoms with Gasteiger partial charge in [0.1, 0.15) is 17.9 Å². The van der Waals surface area contributed by atoms with E-state index in [2.05, 4.69) is 10.2 Å². The Morgan fingerprint density at radius 1 is 1.13 bits per heavy atom. The molecule has 0 amide bonds. The molecule has 0 fully saturated rings. The van der Waals surface area contributed by atoms with Crippen molar-refractivity contribution in [3.05, 3.63) is 71.8 Å². The van der Waals surface area contributed by atoms with Crippen molar-refractivity contribution < 1.29 is 9.90 Å². The smallest absolute Gasteiger partial charge is 0.159 e. The number of nitrogens with zero attached hydrogens (tertiary/aromatic N) is 3. The van der Waals surface area contributed by atoms with Crippen molar-refractivity contribution in [2.45, 2.75) is 19.8 Å². The summed E-state index contributed by atoms with van der Waals surface area (Å²) in [5.41, 5.74) is 2.39. The van der Waals surface area contributed by atoms with Gasteiger partial charge in [0, 0.05) is 17.7 Å². The summed E-state index contributed by atoms with van der Waals surface area (Å²) in [5.74, 6) is 1.10. The molecule has 1 N–H and O–H groups in total. The molecule has 0 atom stereocenters. The van der Waals surface area contributed by atoms with Gasteiger partial charge in [-0.05, 0) is 37.1 Å². The van der Waals surface area contributed by atoms with E-state index in [0.29, 0.717) is 18.4 Å². The van der Waals surface area contributed by atoms with Crippen LogP contribution in [-0.2, 0) is 12.8 Å². The molecular weight excluding hydrogens is 290 g/mol. The van der Waals surface area contributed by atoms with E-state index in [0.717, 1.165) is 17.1 Å². The maximum atomic E-state index is 11.5. The van der Waals surface area contributed by atoms with Gasteiger partial charge in [-0.2, -0.15) is 0 Å². The second-order valence-electron chi connectivity index (χ2n) is 5.35. The van der Waals surface area contributed by atoms with Gasteiger partial charge in [0.25, 0.3) is 0 Å². The molecule has 3 aromatic rings.